The molecule has 0 radical (unpaired) electrons. The minimum atomic E-state index is -0.971. The maximum absolute atomic E-state index is 12.8. The van der Waals surface area contributed by atoms with Crippen LogP contribution in [0.15, 0.2) is 24.3 Å². The maximum atomic E-state index is 12.8. The van der Waals surface area contributed by atoms with Gasteiger partial charge in [-0.1, -0.05) is 76.8 Å². The van der Waals surface area contributed by atoms with Gasteiger partial charge in [-0.15, -0.1) is 0 Å². The monoisotopic (exact) mass is 447 g/mol. The molecular weight excluding hydrogens is 406 g/mol. The number of benzene rings is 1. The third-order valence-corrected chi connectivity index (χ3v) is 5.59. The zero-order valence-electron chi connectivity index (χ0n) is 20.4. The molecule has 1 aromatic carbocycles. The number of methoxy groups -OCH3 is 1. The van der Waals surface area contributed by atoms with Crippen LogP contribution in [0, 0.1) is 0 Å². The summed E-state index contributed by atoms with van der Waals surface area (Å²) >= 11 is 0. The van der Waals surface area contributed by atoms with Crippen LogP contribution in [-0.4, -0.2) is 42.4 Å². The van der Waals surface area contributed by atoms with E-state index in [2.05, 4.69) is 6.92 Å². The van der Waals surface area contributed by atoms with E-state index in [0.29, 0.717) is 12.4 Å². The molecule has 0 saturated carbocycles. The molecule has 0 N–H and O–H groups in total. The SMILES string of the molecule is CCCCCCCCCCCCOC(=O)C(Cc1ccc(OC)cc1)N(C(C)=O)C(C)=O. The van der Waals surface area contributed by atoms with E-state index in [1.165, 1.54) is 58.8 Å². The fourth-order valence-electron chi connectivity index (χ4n) is 3.78. The number of unbranched alkanes of at least 4 members (excludes halogenated alkanes) is 9. The second kappa shape index (κ2) is 16.3. The summed E-state index contributed by atoms with van der Waals surface area (Å²) < 4.78 is 10.6. The van der Waals surface area contributed by atoms with Gasteiger partial charge >= 0.3 is 5.97 Å². The lowest BCUT2D eigenvalue weighted by molar-refractivity contribution is -0.160. The molecule has 0 fully saturated rings. The number of carbonyl (C=O) groups excluding carboxylic acids is 3. The van der Waals surface area contributed by atoms with Crippen molar-refractivity contribution in [3.63, 3.8) is 0 Å². The van der Waals surface area contributed by atoms with Crippen molar-refractivity contribution in [1.29, 1.82) is 0 Å². The Labute approximate surface area is 193 Å². The second-order valence-corrected chi connectivity index (χ2v) is 8.33. The average molecular weight is 448 g/mol. The van der Waals surface area contributed by atoms with Gasteiger partial charge in [0.15, 0.2) is 0 Å². The molecule has 0 aliphatic heterocycles. The molecule has 6 nitrogen and oxygen atoms in total. The molecule has 1 unspecified atom stereocenters. The molecule has 6 heteroatoms. The summed E-state index contributed by atoms with van der Waals surface area (Å²) in [6.45, 7) is 5.11. The number of amides is 2. The Bertz CT molecular complexity index is 672. The first-order valence-corrected chi connectivity index (χ1v) is 12.0. The van der Waals surface area contributed by atoms with Crippen molar-refractivity contribution in [2.45, 2.75) is 97.4 Å². The Morgan fingerprint density at radius 3 is 1.78 bits per heavy atom. The van der Waals surface area contributed by atoms with Crippen molar-refractivity contribution < 1.29 is 23.9 Å². The van der Waals surface area contributed by atoms with Gasteiger partial charge < -0.3 is 9.47 Å². The van der Waals surface area contributed by atoms with Crippen molar-refractivity contribution in [2.24, 2.45) is 0 Å². The van der Waals surface area contributed by atoms with E-state index in [0.717, 1.165) is 29.7 Å². The van der Waals surface area contributed by atoms with Gasteiger partial charge in [0.2, 0.25) is 11.8 Å². The number of hydrogen-bond donors (Lipinski definition) is 0. The van der Waals surface area contributed by atoms with E-state index in [1.54, 1.807) is 19.2 Å². The minimum absolute atomic E-state index is 0.208. The largest absolute Gasteiger partial charge is 0.497 e. The van der Waals surface area contributed by atoms with E-state index in [9.17, 15) is 14.4 Å². The Balaban J connectivity index is 2.50. The first-order chi connectivity index (χ1) is 15.4. The van der Waals surface area contributed by atoms with Gasteiger partial charge in [0, 0.05) is 20.3 Å². The molecule has 1 aromatic rings. The van der Waals surface area contributed by atoms with E-state index in [-0.39, 0.29) is 6.42 Å². The Kier molecular flexibility index (Phi) is 14.1. The molecule has 180 valence electrons. The number of rotatable bonds is 16. The zero-order chi connectivity index (χ0) is 23.8. The van der Waals surface area contributed by atoms with Crippen LogP contribution in [0.5, 0.6) is 5.75 Å². The predicted molar refractivity (Wildman–Crippen MR) is 126 cm³/mol. The summed E-state index contributed by atoms with van der Waals surface area (Å²) in [7, 11) is 1.58. The highest BCUT2D eigenvalue weighted by Crippen LogP contribution is 2.17. The quantitative estimate of drug-likeness (QED) is 0.248. The Morgan fingerprint density at radius 2 is 1.31 bits per heavy atom. The molecule has 1 atom stereocenters. The van der Waals surface area contributed by atoms with Crippen LogP contribution in [0.3, 0.4) is 0 Å². The van der Waals surface area contributed by atoms with E-state index >= 15 is 0 Å². The number of nitrogens with zero attached hydrogens (tertiary/aromatic N) is 1. The van der Waals surface area contributed by atoms with Gasteiger partial charge in [-0.2, -0.15) is 0 Å². The molecule has 0 heterocycles. The molecule has 0 bridgehead atoms. The lowest BCUT2D eigenvalue weighted by Crippen LogP contribution is -2.48. The van der Waals surface area contributed by atoms with Crippen molar-refractivity contribution in [3.05, 3.63) is 29.8 Å². The van der Waals surface area contributed by atoms with Crippen molar-refractivity contribution in [2.75, 3.05) is 13.7 Å². The minimum Gasteiger partial charge on any atom is -0.497 e. The van der Waals surface area contributed by atoms with Crippen molar-refractivity contribution in [3.8, 4) is 5.75 Å². The highest BCUT2D eigenvalue weighted by atomic mass is 16.5. The third kappa shape index (κ3) is 10.8. The van der Waals surface area contributed by atoms with Crippen LogP contribution in [0.1, 0.15) is 90.5 Å². The lowest BCUT2D eigenvalue weighted by Gasteiger charge is -2.27. The van der Waals surface area contributed by atoms with Gasteiger partial charge in [0.05, 0.1) is 13.7 Å². The molecule has 2 amide bonds. The molecule has 0 spiro atoms. The summed E-state index contributed by atoms with van der Waals surface area (Å²) in [6.07, 6.45) is 12.2. The van der Waals surface area contributed by atoms with Crippen molar-refractivity contribution in [1.82, 2.24) is 4.90 Å². The first kappa shape index (κ1) is 27.7. The Hall–Kier alpha value is -2.37. The van der Waals surface area contributed by atoms with Crippen LogP contribution in [-0.2, 0) is 25.5 Å². The van der Waals surface area contributed by atoms with Gasteiger partial charge in [0.1, 0.15) is 11.8 Å². The van der Waals surface area contributed by atoms with Crippen LogP contribution in [0.4, 0.5) is 0 Å². The summed E-state index contributed by atoms with van der Waals surface area (Å²) in [5.74, 6) is -0.773. The summed E-state index contributed by atoms with van der Waals surface area (Å²) in [5, 5.41) is 0. The van der Waals surface area contributed by atoms with Crippen LogP contribution >= 0.6 is 0 Å². The molecule has 32 heavy (non-hydrogen) atoms. The number of hydrogen-bond acceptors (Lipinski definition) is 5. The molecule has 1 rings (SSSR count). The normalized spacial score (nSPS) is 11.6. The third-order valence-electron chi connectivity index (χ3n) is 5.59. The first-order valence-electron chi connectivity index (χ1n) is 12.0. The highest BCUT2D eigenvalue weighted by molar-refractivity contribution is 5.97. The topological polar surface area (TPSA) is 72.9 Å². The Morgan fingerprint density at radius 1 is 0.812 bits per heavy atom. The summed E-state index contributed by atoms with van der Waals surface area (Å²) in [5.41, 5.74) is 0.819. The lowest BCUT2D eigenvalue weighted by atomic mass is 10.0. The number of carbonyl (C=O) groups is 3. The number of imide groups is 1. The molecule has 0 saturated heterocycles. The molecule has 0 aliphatic carbocycles. The van der Waals surface area contributed by atoms with E-state index < -0.39 is 23.8 Å². The summed E-state index contributed by atoms with van der Waals surface area (Å²) in [4.78, 5) is 37.9. The van der Waals surface area contributed by atoms with E-state index in [4.69, 9.17) is 9.47 Å². The maximum Gasteiger partial charge on any atom is 0.329 e. The average Bonchev–Trinajstić information content (AvgIpc) is 2.76. The van der Waals surface area contributed by atoms with Crippen molar-refractivity contribution >= 4 is 17.8 Å². The fourth-order valence-corrected chi connectivity index (χ4v) is 3.78. The summed E-state index contributed by atoms with van der Waals surface area (Å²) in [6, 6.07) is 6.24. The van der Waals surface area contributed by atoms with Crippen LogP contribution < -0.4 is 4.74 Å². The fraction of sp³-hybridized carbons (Fsp3) is 0.654. The predicted octanol–water partition coefficient (Wildman–Crippen LogP) is 5.47. The highest BCUT2D eigenvalue weighted by Gasteiger charge is 2.32. The number of ether oxygens (including phenoxy) is 2. The van der Waals surface area contributed by atoms with E-state index in [1.807, 2.05) is 12.1 Å². The van der Waals surface area contributed by atoms with Gasteiger partial charge in [0.25, 0.3) is 0 Å². The molecule has 0 aromatic heterocycles. The second-order valence-electron chi connectivity index (χ2n) is 8.33. The number of esters is 1. The van der Waals surface area contributed by atoms with Gasteiger partial charge in [-0.05, 0) is 24.1 Å². The van der Waals surface area contributed by atoms with Crippen LogP contribution in [0.2, 0.25) is 0 Å². The van der Waals surface area contributed by atoms with Crippen LogP contribution in [0.25, 0.3) is 0 Å². The van der Waals surface area contributed by atoms with Gasteiger partial charge in [-0.3, -0.25) is 14.5 Å². The zero-order valence-corrected chi connectivity index (χ0v) is 20.4. The molecular formula is C26H41NO5. The standard InChI is InChI=1S/C26H41NO5/c1-5-6-7-8-9-10-11-12-13-14-19-32-26(30)25(27(21(2)28)22(3)29)20-23-15-17-24(31-4)18-16-23/h15-18,25H,5-14,19-20H2,1-4H3. The van der Waals surface area contributed by atoms with Gasteiger partial charge in [-0.25, -0.2) is 4.79 Å². The smallest absolute Gasteiger partial charge is 0.329 e. The molecule has 0 aliphatic rings.